The van der Waals surface area contributed by atoms with Crippen LogP contribution < -0.4 is 4.72 Å². The molecule has 0 spiro atoms. The van der Waals surface area contributed by atoms with Crippen LogP contribution in [-0.4, -0.2) is 24.5 Å². The van der Waals surface area contributed by atoms with Crippen molar-refractivity contribution in [2.75, 3.05) is 0 Å². The van der Waals surface area contributed by atoms with Crippen molar-refractivity contribution in [3.8, 4) is 6.07 Å². The SMILES string of the molecule is CC(C)Cc1cc(C(=O)NS(=O)(=O)c2ccc(C#N)c(C(F)(F)F)c2)n[nH]1. The molecule has 2 rings (SSSR count). The van der Waals surface area contributed by atoms with Crippen molar-refractivity contribution < 1.29 is 26.4 Å². The minimum atomic E-state index is -4.92. The summed E-state index contributed by atoms with van der Waals surface area (Å²) in [4.78, 5) is 11.3. The van der Waals surface area contributed by atoms with Crippen LogP contribution in [0, 0.1) is 17.2 Å². The van der Waals surface area contributed by atoms with Crippen molar-refractivity contribution in [3.63, 3.8) is 0 Å². The molecule has 11 heteroatoms. The minimum Gasteiger partial charge on any atom is -0.282 e. The predicted molar refractivity (Wildman–Crippen MR) is 87.9 cm³/mol. The Hall–Kier alpha value is -2.87. The number of alkyl halides is 3. The Balaban J connectivity index is 2.30. The Morgan fingerprint density at radius 1 is 1.33 bits per heavy atom. The molecule has 2 aromatic rings. The molecule has 0 saturated carbocycles. The van der Waals surface area contributed by atoms with Gasteiger partial charge in [-0.1, -0.05) is 13.8 Å². The molecular weight excluding hydrogens is 385 g/mol. The maximum absolute atomic E-state index is 13.0. The first-order chi connectivity index (χ1) is 12.4. The smallest absolute Gasteiger partial charge is 0.282 e. The zero-order valence-corrected chi connectivity index (χ0v) is 15.1. The number of rotatable bonds is 5. The molecule has 2 N–H and O–H groups in total. The third-order valence-corrected chi connectivity index (χ3v) is 4.77. The first kappa shape index (κ1) is 20.4. The second-order valence-corrected chi connectivity index (χ2v) is 7.81. The van der Waals surface area contributed by atoms with Crippen LogP contribution >= 0.6 is 0 Å². The molecule has 1 amide bonds. The quantitative estimate of drug-likeness (QED) is 0.800. The van der Waals surface area contributed by atoms with Crippen LogP contribution in [0.4, 0.5) is 13.2 Å². The highest BCUT2D eigenvalue weighted by Gasteiger charge is 2.35. The summed E-state index contributed by atoms with van der Waals surface area (Å²) in [5.41, 5.74) is -1.72. The lowest BCUT2D eigenvalue weighted by molar-refractivity contribution is -0.137. The van der Waals surface area contributed by atoms with Crippen LogP contribution in [0.3, 0.4) is 0 Å². The average Bonchev–Trinajstić information content (AvgIpc) is 3.00. The third-order valence-electron chi connectivity index (χ3n) is 3.45. The summed E-state index contributed by atoms with van der Waals surface area (Å²) in [6, 6.07) is 4.57. The normalized spacial score (nSPS) is 12.0. The van der Waals surface area contributed by atoms with Crippen molar-refractivity contribution in [2.45, 2.75) is 31.3 Å². The molecule has 0 bridgehead atoms. The summed E-state index contributed by atoms with van der Waals surface area (Å²) in [5.74, 6) is -0.816. The maximum atomic E-state index is 13.0. The van der Waals surface area contributed by atoms with Gasteiger partial charge in [0.15, 0.2) is 5.69 Å². The number of hydrogen-bond acceptors (Lipinski definition) is 5. The van der Waals surface area contributed by atoms with E-state index in [1.54, 1.807) is 4.72 Å². The van der Waals surface area contributed by atoms with Gasteiger partial charge < -0.3 is 0 Å². The number of nitrogens with zero attached hydrogens (tertiary/aromatic N) is 2. The van der Waals surface area contributed by atoms with E-state index >= 15 is 0 Å². The highest BCUT2D eigenvalue weighted by Crippen LogP contribution is 2.33. The van der Waals surface area contributed by atoms with Gasteiger partial charge in [-0.15, -0.1) is 0 Å². The second kappa shape index (κ2) is 7.40. The van der Waals surface area contributed by atoms with Crippen LogP contribution in [0.15, 0.2) is 29.2 Å². The minimum absolute atomic E-state index is 0.209. The number of hydrogen-bond donors (Lipinski definition) is 2. The van der Waals surface area contributed by atoms with Crippen LogP contribution in [0.2, 0.25) is 0 Å². The molecule has 0 atom stereocenters. The molecule has 0 aliphatic heterocycles. The first-order valence-electron chi connectivity index (χ1n) is 7.67. The Morgan fingerprint density at radius 2 is 2.00 bits per heavy atom. The van der Waals surface area contributed by atoms with Gasteiger partial charge in [-0.25, -0.2) is 13.1 Å². The molecule has 144 valence electrons. The van der Waals surface area contributed by atoms with Gasteiger partial charge in [-0.2, -0.15) is 23.5 Å². The molecule has 0 unspecified atom stereocenters. The number of carbonyl (C=O) groups is 1. The van der Waals surface area contributed by atoms with Crippen LogP contribution in [0.5, 0.6) is 0 Å². The average molecular weight is 400 g/mol. The number of H-pyrrole nitrogens is 1. The van der Waals surface area contributed by atoms with Crippen molar-refractivity contribution >= 4 is 15.9 Å². The number of aromatic amines is 1. The Bertz CT molecular complexity index is 1000. The van der Waals surface area contributed by atoms with Gasteiger partial charge in [0, 0.05) is 5.69 Å². The number of aromatic nitrogens is 2. The van der Waals surface area contributed by atoms with E-state index in [-0.39, 0.29) is 11.6 Å². The topological polar surface area (TPSA) is 116 Å². The highest BCUT2D eigenvalue weighted by atomic mass is 32.2. The highest BCUT2D eigenvalue weighted by molar-refractivity contribution is 7.90. The van der Waals surface area contributed by atoms with E-state index in [0.717, 1.165) is 12.1 Å². The Kier molecular flexibility index (Phi) is 5.60. The standard InChI is InChI=1S/C16H15F3N4O3S/c1-9(2)5-11-6-14(22-21-11)15(24)23-27(25,26)12-4-3-10(8-20)13(7-12)16(17,18)19/h3-4,6-7,9H,5H2,1-2H3,(H,21,22)(H,23,24). The van der Waals surface area contributed by atoms with E-state index in [2.05, 4.69) is 10.2 Å². The molecule has 0 aliphatic carbocycles. The molecule has 0 fully saturated rings. The van der Waals surface area contributed by atoms with E-state index in [0.29, 0.717) is 18.2 Å². The van der Waals surface area contributed by atoms with Crippen LogP contribution in [0.1, 0.15) is 41.2 Å². The van der Waals surface area contributed by atoms with Gasteiger partial charge in [-0.05, 0) is 36.6 Å². The lowest BCUT2D eigenvalue weighted by atomic mass is 10.1. The fraction of sp³-hybridized carbons (Fsp3) is 0.312. The van der Waals surface area contributed by atoms with E-state index in [1.165, 1.54) is 12.1 Å². The van der Waals surface area contributed by atoms with E-state index in [1.807, 2.05) is 13.8 Å². The largest absolute Gasteiger partial charge is 0.417 e. The number of nitriles is 1. The number of halogens is 3. The molecule has 0 aliphatic rings. The summed E-state index contributed by atoms with van der Waals surface area (Å²) in [7, 11) is -4.59. The van der Waals surface area contributed by atoms with E-state index < -0.39 is 38.1 Å². The van der Waals surface area contributed by atoms with Gasteiger partial charge in [0.25, 0.3) is 15.9 Å². The molecule has 27 heavy (non-hydrogen) atoms. The third kappa shape index (κ3) is 4.85. The summed E-state index contributed by atoms with van der Waals surface area (Å²) >= 11 is 0. The van der Waals surface area contributed by atoms with Gasteiger partial charge in [0.05, 0.1) is 22.1 Å². The fourth-order valence-electron chi connectivity index (χ4n) is 2.28. The number of benzene rings is 1. The molecule has 1 aromatic carbocycles. The maximum Gasteiger partial charge on any atom is 0.417 e. The summed E-state index contributed by atoms with van der Waals surface area (Å²) in [6.45, 7) is 3.88. The van der Waals surface area contributed by atoms with E-state index in [4.69, 9.17) is 5.26 Å². The number of sulfonamides is 1. The van der Waals surface area contributed by atoms with Crippen molar-refractivity contribution in [2.24, 2.45) is 5.92 Å². The summed E-state index contributed by atoms with van der Waals surface area (Å²) in [5, 5.41) is 15.1. The monoisotopic (exact) mass is 400 g/mol. The number of nitrogens with one attached hydrogen (secondary N) is 2. The zero-order chi connectivity index (χ0) is 20.4. The number of amides is 1. The fourth-order valence-corrected chi connectivity index (χ4v) is 3.26. The first-order valence-corrected chi connectivity index (χ1v) is 9.15. The van der Waals surface area contributed by atoms with Crippen molar-refractivity contribution in [1.29, 1.82) is 5.26 Å². The van der Waals surface area contributed by atoms with E-state index in [9.17, 15) is 26.4 Å². The molecule has 1 aromatic heterocycles. The Labute approximate surface area is 153 Å². The summed E-state index contributed by atoms with van der Waals surface area (Å²) in [6.07, 6.45) is -4.34. The molecule has 1 heterocycles. The predicted octanol–water partition coefficient (Wildman–Crippen LogP) is 2.62. The second-order valence-electron chi connectivity index (χ2n) is 6.13. The lowest BCUT2D eigenvalue weighted by Gasteiger charge is -2.11. The molecule has 7 nitrogen and oxygen atoms in total. The zero-order valence-electron chi connectivity index (χ0n) is 14.3. The molecule has 0 radical (unpaired) electrons. The molecule has 0 saturated heterocycles. The van der Waals surface area contributed by atoms with Crippen molar-refractivity contribution in [1.82, 2.24) is 14.9 Å². The number of carbonyl (C=O) groups excluding carboxylic acids is 1. The van der Waals surface area contributed by atoms with Gasteiger partial charge in [0.1, 0.15) is 0 Å². The van der Waals surface area contributed by atoms with Gasteiger partial charge in [0.2, 0.25) is 0 Å². The van der Waals surface area contributed by atoms with Gasteiger partial charge >= 0.3 is 6.18 Å². The van der Waals surface area contributed by atoms with Gasteiger partial charge in [-0.3, -0.25) is 9.89 Å². The van der Waals surface area contributed by atoms with Crippen LogP contribution in [-0.2, 0) is 22.6 Å². The van der Waals surface area contributed by atoms with Crippen LogP contribution in [0.25, 0.3) is 0 Å². The van der Waals surface area contributed by atoms with Crippen molar-refractivity contribution in [3.05, 3.63) is 46.8 Å². The molecular formula is C16H15F3N4O3S. The summed E-state index contributed by atoms with van der Waals surface area (Å²) < 4.78 is 65.2. The lowest BCUT2D eigenvalue weighted by Crippen LogP contribution is -2.31. The Morgan fingerprint density at radius 3 is 2.56 bits per heavy atom.